The Kier molecular flexibility index (Phi) is 3.76. The standard InChI is InChI=1S/C13H12N4O/c1-10-3-2-4-12(16-10)9-15-17-13(18)11-5-7-14-8-6-11/h2-9H,1H3,(H,17,18). The highest BCUT2D eigenvalue weighted by Crippen LogP contribution is 1.96. The second-order valence-corrected chi connectivity index (χ2v) is 3.64. The van der Waals surface area contributed by atoms with Crippen LogP contribution >= 0.6 is 0 Å². The molecule has 0 unspecified atom stereocenters. The quantitative estimate of drug-likeness (QED) is 0.653. The number of pyridine rings is 2. The first-order chi connectivity index (χ1) is 8.75. The van der Waals surface area contributed by atoms with Crippen molar-refractivity contribution in [2.45, 2.75) is 6.92 Å². The number of carbonyl (C=O) groups is 1. The van der Waals surface area contributed by atoms with Crippen LogP contribution in [0, 0.1) is 6.92 Å². The van der Waals surface area contributed by atoms with E-state index in [9.17, 15) is 4.79 Å². The van der Waals surface area contributed by atoms with Crippen molar-refractivity contribution < 1.29 is 4.79 Å². The van der Waals surface area contributed by atoms with Crippen molar-refractivity contribution in [2.24, 2.45) is 5.10 Å². The summed E-state index contributed by atoms with van der Waals surface area (Å²) in [4.78, 5) is 19.7. The van der Waals surface area contributed by atoms with Crippen molar-refractivity contribution in [1.82, 2.24) is 15.4 Å². The van der Waals surface area contributed by atoms with Gasteiger partial charge >= 0.3 is 0 Å². The van der Waals surface area contributed by atoms with E-state index in [4.69, 9.17) is 0 Å². The van der Waals surface area contributed by atoms with Gasteiger partial charge in [0.15, 0.2) is 0 Å². The number of hydrogen-bond donors (Lipinski definition) is 1. The SMILES string of the molecule is Cc1cccc(C=NNC(=O)c2ccncc2)n1. The monoisotopic (exact) mass is 240 g/mol. The first kappa shape index (κ1) is 11.9. The number of nitrogens with one attached hydrogen (secondary N) is 1. The number of hydrogen-bond acceptors (Lipinski definition) is 4. The van der Waals surface area contributed by atoms with E-state index in [1.165, 1.54) is 6.21 Å². The Labute approximate surface area is 105 Å². The summed E-state index contributed by atoms with van der Waals surface area (Å²) in [7, 11) is 0. The van der Waals surface area contributed by atoms with E-state index >= 15 is 0 Å². The summed E-state index contributed by atoms with van der Waals surface area (Å²) in [5.41, 5.74) is 4.54. The maximum atomic E-state index is 11.6. The third-order valence-corrected chi connectivity index (χ3v) is 2.22. The Morgan fingerprint density at radius 1 is 1.28 bits per heavy atom. The lowest BCUT2D eigenvalue weighted by Crippen LogP contribution is -2.17. The van der Waals surface area contributed by atoms with Gasteiger partial charge in [0.05, 0.1) is 11.9 Å². The molecule has 0 aromatic carbocycles. The predicted molar refractivity (Wildman–Crippen MR) is 68.3 cm³/mol. The smallest absolute Gasteiger partial charge is 0.267 e. The Morgan fingerprint density at radius 3 is 2.78 bits per heavy atom. The molecule has 5 nitrogen and oxygen atoms in total. The van der Waals surface area contributed by atoms with Gasteiger partial charge in [0.1, 0.15) is 0 Å². The lowest BCUT2D eigenvalue weighted by atomic mass is 10.3. The van der Waals surface area contributed by atoms with E-state index < -0.39 is 0 Å². The molecular weight excluding hydrogens is 228 g/mol. The summed E-state index contributed by atoms with van der Waals surface area (Å²) in [6.07, 6.45) is 4.62. The topological polar surface area (TPSA) is 67.2 Å². The van der Waals surface area contributed by atoms with Crippen LogP contribution in [-0.2, 0) is 0 Å². The molecule has 2 heterocycles. The van der Waals surface area contributed by atoms with E-state index in [2.05, 4.69) is 20.5 Å². The van der Waals surface area contributed by atoms with Gasteiger partial charge in [-0.1, -0.05) is 6.07 Å². The zero-order valence-electron chi connectivity index (χ0n) is 9.87. The Balaban J connectivity index is 1.98. The predicted octanol–water partition coefficient (Wildman–Crippen LogP) is 1.55. The average Bonchev–Trinajstić information content (AvgIpc) is 2.40. The number of carbonyl (C=O) groups excluding carboxylic acids is 1. The molecule has 90 valence electrons. The van der Waals surface area contributed by atoms with Gasteiger partial charge in [0.2, 0.25) is 0 Å². The van der Waals surface area contributed by atoms with Crippen LogP contribution in [0.1, 0.15) is 21.7 Å². The lowest BCUT2D eigenvalue weighted by molar-refractivity contribution is 0.0955. The average molecular weight is 240 g/mol. The van der Waals surface area contributed by atoms with Gasteiger partial charge in [0, 0.05) is 23.7 Å². The Hall–Kier alpha value is -2.56. The van der Waals surface area contributed by atoms with Crippen molar-refractivity contribution >= 4 is 12.1 Å². The molecule has 2 rings (SSSR count). The maximum Gasteiger partial charge on any atom is 0.271 e. The van der Waals surface area contributed by atoms with Crippen molar-refractivity contribution in [2.75, 3.05) is 0 Å². The molecule has 0 aliphatic rings. The minimum absolute atomic E-state index is 0.277. The summed E-state index contributed by atoms with van der Waals surface area (Å²) in [6, 6.07) is 8.84. The number of rotatable bonds is 3. The molecule has 2 aromatic rings. The largest absolute Gasteiger partial charge is 0.271 e. The molecule has 18 heavy (non-hydrogen) atoms. The molecule has 5 heteroatoms. The highest BCUT2D eigenvalue weighted by Gasteiger charge is 2.01. The molecule has 0 atom stereocenters. The van der Waals surface area contributed by atoms with Gasteiger partial charge in [-0.25, -0.2) is 5.43 Å². The minimum atomic E-state index is -0.277. The molecule has 0 aliphatic heterocycles. The fourth-order valence-corrected chi connectivity index (χ4v) is 1.36. The van der Waals surface area contributed by atoms with Crippen LogP contribution in [0.15, 0.2) is 47.8 Å². The van der Waals surface area contributed by atoms with Gasteiger partial charge < -0.3 is 0 Å². The molecule has 1 N–H and O–H groups in total. The molecule has 1 amide bonds. The molecule has 0 saturated heterocycles. The number of aromatic nitrogens is 2. The molecule has 0 radical (unpaired) electrons. The van der Waals surface area contributed by atoms with Crippen LogP contribution in [0.25, 0.3) is 0 Å². The van der Waals surface area contributed by atoms with Gasteiger partial charge in [-0.2, -0.15) is 5.10 Å². The summed E-state index contributed by atoms with van der Waals surface area (Å²) in [5, 5.41) is 3.85. The molecular formula is C13H12N4O. The van der Waals surface area contributed by atoms with Gasteiger partial charge in [0.25, 0.3) is 5.91 Å². The Bertz CT molecular complexity index is 566. The van der Waals surface area contributed by atoms with Gasteiger partial charge in [-0.3, -0.25) is 14.8 Å². The second kappa shape index (κ2) is 5.67. The van der Waals surface area contributed by atoms with Crippen molar-refractivity contribution in [1.29, 1.82) is 0 Å². The first-order valence-electron chi connectivity index (χ1n) is 5.43. The van der Waals surface area contributed by atoms with Crippen molar-refractivity contribution in [3.63, 3.8) is 0 Å². The van der Waals surface area contributed by atoms with Crippen molar-refractivity contribution in [3.8, 4) is 0 Å². The van der Waals surface area contributed by atoms with Crippen LogP contribution in [0.3, 0.4) is 0 Å². The highest BCUT2D eigenvalue weighted by atomic mass is 16.2. The Morgan fingerprint density at radius 2 is 2.06 bits per heavy atom. The first-order valence-corrected chi connectivity index (χ1v) is 5.43. The van der Waals surface area contributed by atoms with E-state index in [1.54, 1.807) is 24.5 Å². The molecule has 0 saturated carbocycles. The lowest BCUT2D eigenvalue weighted by Gasteiger charge is -1.98. The normalized spacial score (nSPS) is 10.5. The van der Waals surface area contributed by atoms with Crippen LogP contribution in [0.2, 0.25) is 0 Å². The van der Waals surface area contributed by atoms with Crippen LogP contribution < -0.4 is 5.43 Å². The molecule has 2 aromatic heterocycles. The molecule has 0 aliphatic carbocycles. The van der Waals surface area contributed by atoms with Gasteiger partial charge in [-0.15, -0.1) is 0 Å². The summed E-state index contributed by atoms with van der Waals surface area (Å²) in [6.45, 7) is 1.90. The highest BCUT2D eigenvalue weighted by molar-refractivity contribution is 5.94. The molecule has 0 spiro atoms. The number of aryl methyl sites for hydroxylation is 1. The summed E-state index contributed by atoms with van der Waals surface area (Å²) in [5.74, 6) is -0.277. The third-order valence-electron chi connectivity index (χ3n) is 2.22. The zero-order chi connectivity index (χ0) is 12.8. The van der Waals surface area contributed by atoms with E-state index in [1.807, 2.05) is 25.1 Å². The summed E-state index contributed by atoms with van der Waals surface area (Å²) < 4.78 is 0. The fraction of sp³-hybridized carbons (Fsp3) is 0.0769. The molecule has 0 fully saturated rings. The second-order valence-electron chi connectivity index (χ2n) is 3.64. The van der Waals surface area contributed by atoms with Gasteiger partial charge in [-0.05, 0) is 31.2 Å². The van der Waals surface area contributed by atoms with Crippen LogP contribution in [-0.4, -0.2) is 22.1 Å². The fourth-order valence-electron chi connectivity index (χ4n) is 1.36. The third kappa shape index (κ3) is 3.21. The minimum Gasteiger partial charge on any atom is -0.267 e. The van der Waals surface area contributed by atoms with Crippen LogP contribution in [0.5, 0.6) is 0 Å². The number of amides is 1. The number of nitrogens with zero attached hydrogens (tertiary/aromatic N) is 3. The number of hydrazone groups is 1. The summed E-state index contributed by atoms with van der Waals surface area (Å²) >= 11 is 0. The zero-order valence-corrected chi connectivity index (χ0v) is 9.87. The van der Waals surface area contributed by atoms with E-state index in [-0.39, 0.29) is 5.91 Å². The molecule has 0 bridgehead atoms. The van der Waals surface area contributed by atoms with Crippen molar-refractivity contribution in [3.05, 3.63) is 59.7 Å². The van der Waals surface area contributed by atoms with E-state index in [0.29, 0.717) is 11.3 Å². The van der Waals surface area contributed by atoms with E-state index in [0.717, 1.165) is 5.69 Å². The maximum absolute atomic E-state index is 11.6. The van der Waals surface area contributed by atoms with Crippen LogP contribution in [0.4, 0.5) is 0 Å².